The maximum atomic E-state index is 11.1. The second-order valence-corrected chi connectivity index (χ2v) is 3.99. The number of rotatable bonds is 4. The van der Waals surface area contributed by atoms with Crippen LogP contribution < -0.4 is 4.74 Å². The Bertz CT molecular complexity index is 575. The molecule has 0 radical (unpaired) electrons. The molecule has 5 nitrogen and oxygen atoms in total. The highest BCUT2D eigenvalue weighted by Crippen LogP contribution is 2.14. The second-order valence-electron chi connectivity index (χ2n) is 3.99. The SMILES string of the molecule is COc1cccc(Cn2nc(C)cc2C(=O)O)c1. The molecule has 0 unspecified atom stereocenters. The number of hydrogen-bond acceptors (Lipinski definition) is 3. The topological polar surface area (TPSA) is 64.4 Å². The number of aromatic carboxylic acids is 1. The normalized spacial score (nSPS) is 10.3. The minimum absolute atomic E-state index is 0.190. The molecule has 0 fully saturated rings. The van der Waals surface area contributed by atoms with Crippen LogP contribution in [0.3, 0.4) is 0 Å². The average Bonchev–Trinajstić information content (AvgIpc) is 2.70. The van der Waals surface area contributed by atoms with Gasteiger partial charge in [-0.2, -0.15) is 5.10 Å². The quantitative estimate of drug-likeness (QED) is 0.895. The molecule has 5 heteroatoms. The second kappa shape index (κ2) is 4.91. The van der Waals surface area contributed by atoms with E-state index in [0.717, 1.165) is 11.3 Å². The molecule has 18 heavy (non-hydrogen) atoms. The van der Waals surface area contributed by atoms with E-state index in [-0.39, 0.29) is 5.69 Å². The first kappa shape index (κ1) is 12.2. The van der Waals surface area contributed by atoms with E-state index in [9.17, 15) is 4.79 Å². The standard InChI is InChI=1S/C13H14N2O3/c1-9-6-12(13(16)17)15(14-9)8-10-4-3-5-11(7-10)18-2/h3-7H,8H2,1-2H3,(H,16,17). The molecule has 0 amide bonds. The number of nitrogens with zero attached hydrogens (tertiary/aromatic N) is 2. The van der Waals surface area contributed by atoms with E-state index < -0.39 is 5.97 Å². The predicted molar refractivity (Wildman–Crippen MR) is 66.0 cm³/mol. The lowest BCUT2D eigenvalue weighted by molar-refractivity contribution is 0.0684. The van der Waals surface area contributed by atoms with E-state index in [1.54, 1.807) is 20.1 Å². The summed E-state index contributed by atoms with van der Waals surface area (Å²) in [6.45, 7) is 2.18. The lowest BCUT2D eigenvalue weighted by atomic mass is 10.2. The molecule has 0 saturated heterocycles. The van der Waals surface area contributed by atoms with Gasteiger partial charge >= 0.3 is 5.97 Å². The minimum atomic E-state index is -0.974. The molecular formula is C13H14N2O3. The van der Waals surface area contributed by atoms with E-state index in [1.807, 2.05) is 24.3 Å². The number of carboxylic acids is 1. The largest absolute Gasteiger partial charge is 0.497 e. The fraction of sp³-hybridized carbons (Fsp3) is 0.231. The van der Waals surface area contributed by atoms with Crippen molar-refractivity contribution in [2.75, 3.05) is 7.11 Å². The van der Waals surface area contributed by atoms with E-state index in [0.29, 0.717) is 12.2 Å². The Morgan fingerprint density at radius 3 is 2.89 bits per heavy atom. The molecule has 1 heterocycles. The van der Waals surface area contributed by atoms with Crippen LogP contribution in [-0.2, 0) is 6.54 Å². The fourth-order valence-corrected chi connectivity index (χ4v) is 1.78. The van der Waals surface area contributed by atoms with Gasteiger partial charge in [-0.1, -0.05) is 12.1 Å². The number of carbonyl (C=O) groups is 1. The zero-order valence-corrected chi connectivity index (χ0v) is 10.3. The van der Waals surface area contributed by atoms with Crippen LogP contribution in [0.15, 0.2) is 30.3 Å². The van der Waals surface area contributed by atoms with Crippen LogP contribution in [0.25, 0.3) is 0 Å². The number of benzene rings is 1. The number of methoxy groups -OCH3 is 1. The molecule has 0 atom stereocenters. The summed E-state index contributed by atoms with van der Waals surface area (Å²) in [4.78, 5) is 11.1. The Hall–Kier alpha value is -2.30. The first-order valence-electron chi connectivity index (χ1n) is 5.51. The first-order valence-corrected chi connectivity index (χ1v) is 5.51. The van der Waals surface area contributed by atoms with Crippen molar-refractivity contribution in [3.8, 4) is 5.75 Å². The monoisotopic (exact) mass is 246 g/mol. The molecule has 2 rings (SSSR count). The van der Waals surface area contributed by atoms with Crippen molar-refractivity contribution in [3.63, 3.8) is 0 Å². The number of ether oxygens (including phenoxy) is 1. The van der Waals surface area contributed by atoms with Gasteiger partial charge in [0.15, 0.2) is 0 Å². The summed E-state index contributed by atoms with van der Waals surface area (Å²) < 4.78 is 6.61. The van der Waals surface area contributed by atoms with E-state index in [4.69, 9.17) is 9.84 Å². The van der Waals surface area contributed by atoms with Crippen LogP contribution in [0.2, 0.25) is 0 Å². The van der Waals surface area contributed by atoms with Crippen molar-refractivity contribution in [2.45, 2.75) is 13.5 Å². The Kier molecular flexibility index (Phi) is 3.32. The van der Waals surface area contributed by atoms with Crippen LogP contribution >= 0.6 is 0 Å². The van der Waals surface area contributed by atoms with Gasteiger partial charge < -0.3 is 9.84 Å². The Morgan fingerprint density at radius 1 is 1.44 bits per heavy atom. The summed E-state index contributed by atoms with van der Waals surface area (Å²) in [5, 5.41) is 13.2. The fourth-order valence-electron chi connectivity index (χ4n) is 1.78. The van der Waals surface area contributed by atoms with E-state index in [2.05, 4.69) is 5.10 Å². The van der Waals surface area contributed by atoms with Crippen molar-refractivity contribution >= 4 is 5.97 Å². The number of hydrogen-bond donors (Lipinski definition) is 1. The number of aromatic nitrogens is 2. The third-order valence-corrected chi connectivity index (χ3v) is 2.59. The van der Waals surface area contributed by atoms with Gasteiger partial charge in [0.2, 0.25) is 0 Å². The summed E-state index contributed by atoms with van der Waals surface area (Å²) in [7, 11) is 1.60. The van der Waals surface area contributed by atoms with E-state index in [1.165, 1.54) is 4.68 Å². The van der Waals surface area contributed by atoms with Crippen molar-refractivity contribution < 1.29 is 14.6 Å². The van der Waals surface area contributed by atoms with Crippen molar-refractivity contribution in [2.24, 2.45) is 0 Å². The highest BCUT2D eigenvalue weighted by molar-refractivity contribution is 5.85. The lowest BCUT2D eigenvalue weighted by Gasteiger charge is -2.06. The molecule has 2 aromatic rings. The van der Waals surface area contributed by atoms with Crippen LogP contribution in [0, 0.1) is 6.92 Å². The maximum Gasteiger partial charge on any atom is 0.354 e. The molecule has 1 aromatic carbocycles. The third kappa shape index (κ3) is 2.51. The minimum Gasteiger partial charge on any atom is -0.497 e. The summed E-state index contributed by atoms with van der Waals surface area (Å²) in [5.74, 6) is -0.230. The van der Waals surface area contributed by atoms with Gasteiger partial charge in [0.25, 0.3) is 0 Å². The first-order chi connectivity index (χ1) is 8.60. The lowest BCUT2D eigenvalue weighted by Crippen LogP contribution is -2.10. The number of carboxylic acid groups (broad SMARTS) is 1. The summed E-state index contributed by atoms with van der Waals surface area (Å²) in [6.07, 6.45) is 0. The van der Waals surface area contributed by atoms with Crippen molar-refractivity contribution in [1.29, 1.82) is 0 Å². The van der Waals surface area contributed by atoms with Gasteiger partial charge in [0.05, 0.1) is 19.3 Å². The van der Waals surface area contributed by atoms with Crippen LogP contribution in [-0.4, -0.2) is 28.0 Å². The molecule has 1 aromatic heterocycles. The zero-order valence-electron chi connectivity index (χ0n) is 10.3. The maximum absolute atomic E-state index is 11.1. The third-order valence-electron chi connectivity index (χ3n) is 2.59. The molecule has 0 saturated carbocycles. The van der Waals surface area contributed by atoms with Crippen molar-refractivity contribution in [3.05, 3.63) is 47.3 Å². The Morgan fingerprint density at radius 2 is 2.22 bits per heavy atom. The van der Waals surface area contributed by atoms with Gasteiger partial charge in [-0.05, 0) is 30.7 Å². The highest BCUT2D eigenvalue weighted by atomic mass is 16.5. The van der Waals surface area contributed by atoms with Gasteiger partial charge in [0.1, 0.15) is 11.4 Å². The van der Waals surface area contributed by atoms with Crippen LogP contribution in [0.5, 0.6) is 5.75 Å². The molecule has 1 N–H and O–H groups in total. The summed E-state index contributed by atoms with van der Waals surface area (Å²) in [6, 6.07) is 9.04. The van der Waals surface area contributed by atoms with E-state index >= 15 is 0 Å². The molecule has 0 aliphatic heterocycles. The summed E-state index contributed by atoms with van der Waals surface area (Å²) in [5.41, 5.74) is 1.82. The average molecular weight is 246 g/mol. The molecule has 0 bridgehead atoms. The van der Waals surface area contributed by atoms with Crippen LogP contribution in [0.1, 0.15) is 21.7 Å². The molecule has 0 spiro atoms. The van der Waals surface area contributed by atoms with Crippen LogP contribution in [0.4, 0.5) is 0 Å². The summed E-state index contributed by atoms with van der Waals surface area (Å²) >= 11 is 0. The highest BCUT2D eigenvalue weighted by Gasteiger charge is 2.12. The predicted octanol–water partition coefficient (Wildman–Crippen LogP) is 1.95. The van der Waals surface area contributed by atoms with Gasteiger partial charge in [-0.3, -0.25) is 4.68 Å². The molecule has 94 valence electrons. The van der Waals surface area contributed by atoms with Crippen molar-refractivity contribution in [1.82, 2.24) is 9.78 Å². The smallest absolute Gasteiger partial charge is 0.354 e. The Labute approximate surface area is 105 Å². The molecular weight excluding hydrogens is 232 g/mol. The number of aryl methyl sites for hydroxylation is 1. The van der Waals surface area contributed by atoms with Gasteiger partial charge in [-0.15, -0.1) is 0 Å². The molecule has 0 aliphatic rings. The van der Waals surface area contributed by atoms with Gasteiger partial charge in [0, 0.05) is 0 Å². The van der Waals surface area contributed by atoms with Gasteiger partial charge in [-0.25, -0.2) is 4.79 Å². The zero-order chi connectivity index (χ0) is 13.1. The molecule has 0 aliphatic carbocycles. The Balaban J connectivity index is 2.30.